The first-order chi connectivity index (χ1) is 24.6. The molecule has 5 heterocycles. The molecule has 0 radical (unpaired) electrons. The molecule has 10 nitrogen and oxygen atoms in total. The van der Waals surface area contributed by atoms with Crippen LogP contribution in [0.4, 0.5) is 26.0 Å². The number of hydrogen-bond donors (Lipinski definition) is 2. The fourth-order valence-electron chi connectivity index (χ4n) is 8.62. The standard InChI is InChI=1S/C39H45ClF2N8O2/c1-19(2)45-36(51)25-12-27(31(41)32(42)30(25)40)47-35-33-28(44-18-49(33)20(3)4)13-26(46-35)22-11-29-34(43-16-22)38(5,6)37(52)50(29)24-14-39(7,15-24)48-9-8-21-10-23(21)17-48/h11-13,16,18-21,23-24H,8-10,14-15,17H2,1-7H3,(H,45,51)(H,46,47)/t21?,23?,24-,39+. The first-order valence-electron chi connectivity index (χ1n) is 18.3. The first kappa shape index (κ1) is 34.9. The van der Waals surface area contributed by atoms with Crippen LogP contribution in [0.1, 0.15) is 96.2 Å². The zero-order valence-corrected chi connectivity index (χ0v) is 31.4. The van der Waals surface area contributed by atoms with Crippen molar-refractivity contribution in [2.24, 2.45) is 11.8 Å². The second kappa shape index (κ2) is 12.2. The lowest BCUT2D eigenvalue weighted by Crippen LogP contribution is -2.64. The molecule has 2 unspecified atom stereocenters. The monoisotopic (exact) mass is 730 g/mol. The highest BCUT2D eigenvalue weighted by Crippen LogP contribution is 2.53. The number of pyridine rings is 2. The van der Waals surface area contributed by atoms with Crippen molar-refractivity contribution in [2.75, 3.05) is 23.3 Å². The molecule has 4 aliphatic rings. The topological polar surface area (TPSA) is 108 Å². The normalized spacial score (nSPS) is 25.0. The number of benzene rings is 1. The van der Waals surface area contributed by atoms with E-state index < -0.39 is 28.0 Å². The van der Waals surface area contributed by atoms with Crippen molar-refractivity contribution in [3.8, 4) is 11.3 Å². The van der Waals surface area contributed by atoms with Gasteiger partial charge < -0.3 is 20.1 Å². The highest BCUT2D eigenvalue weighted by molar-refractivity contribution is 6.34. The summed E-state index contributed by atoms with van der Waals surface area (Å²) in [5.74, 6) is -1.22. The SMILES string of the molecule is CC(C)NC(=O)c1cc(Nc2nc(-c3cnc4c(c3)N([C@H]3C[C@@](C)(N5CCC6CC6C5)C3)C(=O)C4(C)C)cc3ncn(C(C)C)c23)c(F)c(F)c1Cl. The molecule has 2 aliphatic heterocycles. The average molecular weight is 731 g/mol. The Labute approximate surface area is 307 Å². The minimum absolute atomic E-state index is 0.0374. The van der Waals surface area contributed by atoms with Crippen LogP contribution in [-0.2, 0) is 10.2 Å². The molecule has 4 aromatic rings. The Hall–Kier alpha value is -4.16. The summed E-state index contributed by atoms with van der Waals surface area (Å²) in [6.07, 6.45) is 7.82. The van der Waals surface area contributed by atoms with E-state index in [9.17, 15) is 9.59 Å². The van der Waals surface area contributed by atoms with Crippen LogP contribution in [0.3, 0.4) is 0 Å². The molecule has 1 aromatic carbocycles. The summed E-state index contributed by atoms with van der Waals surface area (Å²) in [6, 6.07) is 4.76. The molecule has 3 aromatic heterocycles. The van der Waals surface area contributed by atoms with Gasteiger partial charge in [-0.1, -0.05) is 11.6 Å². The number of rotatable bonds is 8. The molecule has 2 amide bonds. The lowest BCUT2D eigenvalue weighted by atomic mass is 9.71. The molecule has 0 bridgehead atoms. The number of carbonyl (C=O) groups is 2. The molecule has 1 saturated heterocycles. The van der Waals surface area contributed by atoms with Crippen molar-refractivity contribution in [1.29, 1.82) is 0 Å². The second-order valence-electron chi connectivity index (χ2n) is 16.6. The van der Waals surface area contributed by atoms with Crippen LogP contribution >= 0.6 is 11.6 Å². The molecule has 2 aliphatic carbocycles. The fourth-order valence-corrected chi connectivity index (χ4v) is 8.84. The van der Waals surface area contributed by atoms with Gasteiger partial charge in [0.15, 0.2) is 17.5 Å². The molecule has 2 N–H and O–H groups in total. The number of nitrogens with zero attached hydrogens (tertiary/aromatic N) is 6. The molecular formula is C39H45ClF2N8O2. The Morgan fingerprint density at radius 2 is 1.79 bits per heavy atom. The Bertz CT molecular complexity index is 2140. The smallest absolute Gasteiger partial charge is 0.253 e. The predicted molar refractivity (Wildman–Crippen MR) is 198 cm³/mol. The van der Waals surface area contributed by atoms with Gasteiger partial charge in [-0.25, -0.2) is 18.7 Å². The zero-order chi connectivity index (χ0) is 37.0. The number of imidazole rings is 1. The number of piperidine rings is 1. The molecule has 2 atom stereocenters. The van der Waals surface area contributed by atoms with Crippen molar-refractivity contribution < 1.29 is 18.4 Å². The van der Waals surface area contributed by atoms with E-state index in [1.54, 1.807) is 26.4 Å². The number of hydrogen-bond acceptors (Lipinski definition) is 7. The van der Waals surface area contributed by atoms with E-state index in [1.165, 1.54) is 18.9 Å². The van der Waals surface area contributed by atoms with E-state index in [2.05, 4.69) is 27.4 Å². The van der Waals surface area contributed by atoms with Crippen molar-refractivity contribution in [2.45, 2.75) is 103 Å². The summed E-state index contributed by atoms with van der Waals surface area (Å²) < 4.78 is 32.6. The third-order valence-electron chi connectivity index (χ3n) is 11.7. The van der Waals surface area contributed by atoms with E-state index in [-0.39, 0.29) is 46.6 Å². The molecule has 274 valence electrons. The van der Waals surface area contributed by atoms with Gasteiger partial charge in [0, 0.05) is 42.0 Å². The van der Waals surface area contributed by atoms with Crippen LogP contribution in [0.15, 0.2) is 30.7 Å². The highest BCUT2D eigenvalue weighted by Gasteiger charge is 2.56. The maximum Gasteiger partial charge on any atom is 0.253 e. The average Bonchev–Trinajstić information content (AvgIpc) is 3.68. The predicted octanol–water partition coefficient (Wildman–Crippen LogP) is 7.77. The molecule has 3 fully saturated rings. The lowest BCUT2D eigenvalue weighted by Gasteiger charge is -2.55. The van der Waals surface area contributed by atoms with Crippen LogP contribution in [0.2, 0.25) is 5.02 Å². The van der Waals surface area contributed by atoms with Crippen LogP contribution in [0.5, 0.6) is 0 Å². The summed E-state index contributed by atoms with van der Waals surface area (Å²) >= 11 is 6.12. The van der Waals surface area contributed by atoms with Gasteiger partial charge in [-0.3, -0.25) is 19.5 Å². The molecule has 13 heteroatoms. The van der Waals surface area contributed by atoms with Crippen LogP contribution in [-0.4, -0.2) is 66.9 Å². The van der Waals surface area contributed by atoms with E-state index in [0.29, 0.717) is 22.3 Å². The Morgan fingerprint density at radius 3 is 2.48 bits per heavy atom. The third-order valence-corrected chi connectivity index (χ3v) is 12.1. The molecular weight excluding hydrogens is 686 g/mol. The van der Waals surface area contributed by atoms with Gasteiger partial charge in [0.2, 0.25) is 5.91 Å². The third kappa shape index (κ3) is 5.55. The Morgan fingerprint density at radius 1 is 1.04 bits per heavy atom. The summed E-state index contributed by atoms with van der Waals surface area (Å²) in [5, 5.41) is 5.05. The summed E-state index contributed by atoms with van der Waals surface area (Å²) in [5.41, 5.74) is 2.54. The second-order valence-corrected chi connectivity index (χ2v) is 17.0. The van der Waals surface area contributed by atoms with Gasteiger partial charge >= 0.3 is 0 Å². The van der Waals surface area contributed by atoms with Gasteiger partial charge in [0.25, 0.3) is 5.91 Å². The van der Waals surface area contributed by atoms with Gasteiger partial charge in [-0.2, -0.15) is 0 Å². The van der Waals surface area contributed by atoms with Gasteiger partial charge in [-0.15, -0.1) is 0 Å². The largest absolute Gasteiger partial charge is 0.350 e. The number of amides is 2. The summed E-state index contributed by atoms with van der Waals surface area (Å²) in [7, 11) is 0. The lowest BCUT2D eigenvalue weighted by molar-refractivity contribution is -0.124. The van der Waals surface area contributed by atoms with Crippen molar-refractivity contribution >= 4 is 51.6 Å². The Kier molecular flexibility index (Phi) is 8.18. The van der Waals surface area contributed by atoms with Crippen LogP contribution < -0.4 is 15.5 Å². The van der Waals surface area contributed by atoms with Crippen molar-refractivity contribution in [3.63, 3.8) is 0 Å². The summed E-state index contributed by atoms with van der Waals surface area (Å²) in [4.78, 5) is 46.0. The van der Waals surface area contributed by atoms with Crippen molar-refractivity contribution in [3.05, 3.63) is 58.6 Å². The molecule has 0 spiro atoms. The zero-order valence-electron chi connectivity index (χ0n) is 30.6. The minimum Gasteiger partial charge on any atom is -0.350 e. The number of aromatic nitrogens is 4. The quantitative estimate of drug-likeness (QED) is 0.178. The van der Waals surface area contributed by atoms with Crippen molar-refractivity contribution in [1.82, 2.24) is 29.7 Å². The van der Waals surface area contributed by atoms with Crippen LogP contribution in [0, 0.1) is 23.5 Å². The molecule has 2 saturated carbocycles. The van der Waals surface area contributed by atoms with Gasteiger partial charge in [-0.05, 0) is 111 Å². The van der Waals surface area contributed by atoms with E-state index >= 15 is 8.78 Å². The van der Waals surface area contributed by atoms with Gasteiger partial charge in [0.05, 0.1) is 50.6 Å². The first-order valence-corrected chi connectivity index (χ1v) is 18.7. The van der Waals surface area contributed by atoms with Gasteiger partial charge in [0.1, 0.15) is 5.52 Å². The van der Waals surface area contributed by atoms with Crippen LogP contribution in [0.25, 0.3) is 22.3 Å². The maximum atomic E-state index is 15.5. The van der Waals surface area contributed by atoms with E-state index in [0.717, 1.165) is 49.1 Å². The number of carbonyl (C=O) groups excluding carboxylic acids is 2. The summed E-state index contributed by atoms with van der Waals surface area (Å²) in [6.45, 7) is 16.0. The Balaban J connectivity index is 1.17. The maximum absolute atomic E-state index is 15.5. The highest BCUT2D eigenvalue weighted by atomic mass is 35.5. The van der Waals surface area contributed by atoms with E-state index in [4.69, 9.17) is 21.6 Å². The number of likely N-dealkylation sites (tertiary alicyclic amines) is 1. The number of fused-ring (bicyclic) bond motifs is 3. The minimum atomic E-state index is -1.34. The van der Waals surface area contributed by atoms with E-state index in [1.807, 2.05) is 49.3 Å². The number of nitrogens with one attached hydrogen (secondary N) is 2. The number of anilines is 3. The fraction of sp³-hybridized carbons (Fsp3) is 0.513. The molecule has 8 rings (SSSR count). The molecule has 52 heavy (non-hydrogen) atoms. The number of halogens is 3.